The quantitative estimate of drug-likeness (QED) is 0.851. The molecule has 3 nitrogen and oxygen atoms in total. The van der Waals surface area contributed by atoms with Crippen molar-refractivity contribution in [3.8, 4) is 6.07 Å². The van der Waals surface area contributed by atoms with Gasteiger partial charge in [0.15, 0.2) is 0 Å². The van der Waals surface area contributed by atoms with E-state index >= 15 is 0 Å². The molecule has 3 heteroatoms. The Labute approximate surface area is 121 Å². The molecule has 0 saturated carbocycles. The van der Waals surface area contributed by atoms with E-state index in [4.69, 9.17) is 5.26 Å². The van der Waals surface area contributed by atoms with Gasteiger partial charge in [0.2, 0.25) is 0 Å². The fourth-order valence-corrected chi connectivity index (χ4v) is 2.45. The molecule has 0 atom stereocenters. The van der Waals surface area contributed by atoms with E-state index in [9.17, 15) is 0 Å². The first-order chi connectivity index (χ1) is 9.67. The molecule has 1 heterocycles. The van der Waals surface area contributed by atoms with Gasteiger partial charge in [-0.1, -0.05) is 11.6 Å². The van der Waals surface area contributed by atoms with Gasteiger partial charge in [0, 0.05) is 31.4 Å². The standard InChI is InChI=1S/C17H23N3/c1-14(2)7-10-20-11-8-17(9-12-20)19-16-5-3-15(13-18)4-6-16/h3-7,17,19H,8-12H2,1-2H3. The first-order valence-electron chi connectivity index (χ1n) is 7.30. The lowest BCUT2D eigenvalue weighted by atomic mass is 10.0. The van der Waals surface area contributed by atoms with Crippen LogP contribution in [0.15, 0.2) is 35.9 Å². The van der Waals surface area contributed by atoms with Crippen LogP contribution in [0.1, 0.15) is 32.3 Å². The summed E-state index contributed by atoms with van der Waals surface area (Å²) in [4.78, 5) is 2.50. The zero-order chi connectivity index (χ0) is 14.4. The van der Waals surface area contributed by atoms with E-state index in [0.717, 1.165) is 25.3 Å². The van der Waals surface area contributed by atoms with E-state index in [2.05, 4.69) is 36.2 Å². The molecule has 106 valence electrons. The number of hydrogen-bond donors (Lipinski definition) is 1. The predicted molar refractivity (Wildman–Crippen MR) is 83.7 cm³/mol. The van der Waals surface area contributed by atoms with E-state index in [1.165, 1.54) is 18.4 Å². The SMILES string of the molecule is CC(C)=CCN1CCC(Nc2ccc(C#N)cc2)CC1. The van der Waals surface area contributed by atoms with Gasteiger partial charge in [-0.3, -0.25) is 4.90 Å². The van der Waals surface area contributed by atoms with Crippen LogP contribution in [0.2, 0.25) is 0 Å². The molecule has 0 unspecified atom stereocenters. The van der Waals surface area contributed by atoms with Gasteiger partial charge in [-0.05, 0) is 51.0 Å². The Morgan fingerprint density at radius 3 is 2.50 bits per heavy atom. The minimum atomic E-state index is 0.547. The number of benzene rings is 1. The highest BCUT2D eigenvalue weighted by Gasteiger charge is 2.17. The Bertz CT molecular complexity index is 484. The van der Waals surface area contributed by atoms with Crippen LogP contribution in [0.3, 0.4) is 0 Å². The van der Waals surface area contributed by atoms with Gasteiger partial charge in [0.25, 0.3) is 0 Å². The molecule has 0 aromatic heterocycles. The van der Waals surface area contributed by atoms with Crippen molar-refractivity contribution in [2.24, 2.45) is 0 Å². The Morgan fingerprint density at radius 2 is 1.95 bits per heavy atom. The van der Waals surface area contributed by atoms with Crippen LogP contribution in [-0.2, 0) is 0 Å². The first-order valence-corrected chi connectivity index (χ1v) is 7.30. The number of anilines is 1. The zero-order valence-electron chi connectivity index (χ0n) is 12.4. The zero-order valence-corrected chi connectivity index (χ0v) is 12.4. The maximum atomic E-state index is 8.79. The summed E-state index contributed by atoms with van der Waals surface area (Å²) in [6.07, 6.45) is 4.65. The average Bonchev–Trinajstić information content (AvgIpc) is 2.47. The highest BCUT2D eigenvalue weighted by Crippen LogP contribution is 2.17. The van der Waals surface area contributed by atoms with Crippen molar-refractivity contribution in [2.45, 2.75) is 32.7 Å². The van der Waals surface area contributed by atoms with Crippen LogP contribution in [0.25, 0.3) is 0 Å². The lowest BCUT2D eigenvalue weighted by Crippen LogP contribution is -2.39. The van der Waals surface area contributed by atoms with Crippen LogP contribution in [-0.4, -0.2) is 30.6 Å². The predicted octanol–water partition coefficient (Wildman–Crippen LogP) is 3.40. The van der Waals surface area contributed by atoms with E-state index in [1.54, 1.807) is 0 Å². The van der Waals surface area contributed by atoms with Crippen LogP contribution >= 0.6 is 0 Å². The summed E-state index contributed by atoms with van der Waals surface area (Å²) in [7, 11) is 0. The highest BCUT2D eigenvalue weighted by molar-refractivity contribution is 5.47. The molecular formula is C17H23N3. The van der Waals surface area contributed by atoms with Gasteiger partial charge in [-0.25, -0.2) is 0 Å². The van der Waals surface area contributed by atoms with Crippen molar-refractivity contribution < 1.29 is 0 Å². The van der Waals surface area contributed by atoms with E-state index in [0.29, 0.717) is 11.6 Å². The summed E-state index contributed by atoms with van der Waals surface area (Å²) in [5.41, 5.74) is 3.22. The molecule has 0 spiro atoms. The molecular weight excluding hydrogens is 246 g/mol. The minimum Gasteiger partial charge on any atom is -0.382 e. The fourth-order valence-electron chi connectivity index (χ4n) is 2.45. The van der Waals surface area contributed by atoms with Gasteiger partial charge in [0.05, 0.1) is 11.6 Å². The molecule has 1 fully saturated rings. The third-order valence-electron chi connectivity index (χ3n) is 3.73. The molecule has 2 rings (SSSR count). The summed E-state index contributed by atoms with van der Waals surface area (Å²) < 4.78 is 0. The summed E-state index contributed by atoms with van der Waals surface area (Å²) in [6, 6.07) is 10.4. The lowest BCUT2D eigenvalue weighted by molar-refractivity contribution is 0.240. The lowest BCUT2D eigenvalue weighted by Gasteiger charge is -2.32. The summed E-state index contributed by atoms with van der Waals surface area (Å²) in [6.45, 7) is 7.68. The van der Waals surface area contributed by atoms with Crippen LogP contribution in [0.5, 0.6) is 0 Å². The molecule has 1 aliphatic heterocycles. The van der Waals surface area contributed by atoms with Crippen molar-refractivity contribution in [1.29, 1.82) is 5.26 Å². The Morgan fingerprint density at radius 1 is 1.30 bits per heavy atom. The van der Waals surface area contributed by atoms with Crippen molar-refractivity contribution >= 4 is 5.69 Å². The van der Waals surface area contributed by atoms with E-state index < -0.39 is 0 Å². The molecule has 1 aromatic carbocycles. The number of hydrogen-bond acceptors (Lipinski definition) is 3. The Balaban J connectivity index is 1.79. The topological polar surface area (TPSA) is 39.1 Å². The third kappa shape index (κ3) is 4.40. The van der Waals surface area contributed by atoms with Crippen molar-refractivity contribution in [3.63, 3.8) is 0 Å². The molecule has 1 aromatic rings. The monoisotopic (exact) mass is 269 g/mol. The van der Waals surface area contributed by atoms with Gasteiger partial charge in [0.1, 0.15) is 0 Å². The molecule has 1 N–H and O–H groups in total. The molecule has 0 bridgehead atoms. The van der Waals surface area contributed by atoms with Gasteiger partial charge < -0.3 is 5.32 Å². The second-order valence-corrected chi connectivity index (χ2v) is 5.69. The Hall–Kier alpha value is -1.79. The smallest absolute Gasteiger partial charge is 0.0991 e. The fraction of sp³-hybridized carbons (Fsp3) is 0.471. The largest absolute Gasteiger partial charge is 0.382 e. The maximum absolute atomic E-state index is 8.79. The number of nitrogens with one attached hydrogen (secondary N) is 1. The van der Waals surface area contributed by atoms with Crippen LogP contribution in [0.4, 0.5) is 5.69 Å². The van der Waals surface area contributed by atoms with E-state index in [1.807, 2.05) is 24.3 Å². The number of piperidine rings is 1. The molecule has 1 saturated heterocycles. The molecule has 0 radical (unpaired) electrons. The number of likely N-dealkylation sites (tertiary alicyclic amines) is 1. The Kier molecular flexibility index (Phi) is 5.20. The van der Waals surface area contributed by atoms with Gasteiger partial charge >= 0.3 is 0 Å². The summed E-state index contributed by atoms with van der Waals surface area (Å²) >= 11 is 0. The second-order valence-electron chi connectivity index (χ2n) is 5.69. The van der Waals surface area contributed by atoms with Crippen LogP contribution in [0, 0.1) is 11.3 Å². The van der Waals surface area contributed by atoms with Crippen molar-refractivity contribution in [1.82, 2.24) is 4.90 Å². The second kappa shape index (κ2) is 7.12. The normalized spacial score (nSPS) is 16.4. The van der Waals surface area contributed by atoms with Gasteiger partial charge in [-0.2, -0.15) is 5.26 Å². The van der Waals surface area contributed by atoms with Crippen molar-refractivity contribution in [2.75, 3.05) is 25.0 Å². The van der Waals surface area contributed by atoms with Gasteiger partial charge in [-0.15, -0.1) is 0 Å². The highest BCUT2D eigenvalue weighted by atomic mass is 15.1. The third-order valence-corrected chi connectivity index (χ3v) is 3.73. The molecule has 1 aliphatic rings. The number of allylic oxidation sites excluding steroid dienone is 1. The summed E-state index contributed by atoms with van der Waals surface area (Å²) in [5, 5.41) is 12.4. The summed E-state index contributed by atoms with van der Waals surface area (Å²) in [5.74, 6) is 0. The number of nitriles is 1. The molecule has 0 amide bonds. The first kappa shape index (κ1) is 14.6. The van der Waals surface area contributed by atoms with E-state index in [-0.39, 0.29) is 0 Å². The minimum absolute atomic E-state index is 0.547. The molecule has 20 heavy (non-hydrogen) atoms. The average molecular weight is 269 g/mol. The van der Waals surface area contributed by atoms with Crippen LogP contribution < -0.4 is 5.32 Å². The number of rotatable bonds is 4. The maximum Gasteiger partial charge on any atom is 0.0991 e. The molecule has 0 aliphatic carbocycles. The van der Waals surface area contributed by atoms with Crippen molar-refractivity contribution in [3.05, 3.63) is 41.5 Å². The number of nitrogens with zero attached hydrogens (tertiary/aromatic N) is 2.